The zero-order valence-corrected chi connectivity index (χ0v) is 13.7. The van der Waals surface area contributed by atoms with Crippen LogP contribution in [0, 0.1) is 5.92 Å². The fourth-order valence-electron chi connectivity index (χ4n) is 3.13. The van der Waals surface area contributed by atoms with Gasteiger partial charge in [0.25, 0.3) is 0 Å². The summed E-state index contributed by atoms with van der Waals surface area (Å²) in [5.74, 6) is 0.592. The lowest BCUT2D eigenvalue weighted by Gasteiger charge is -2.22. The van der Waals surface area contributed by atoms with Gasteiger partial charge in [-0.15, -0.1) is 0 Å². The van der Waals surface area contributed by atoms with Crippen LogP contribution in [0.15, 0.2) is 30.3 Å². The van der Waals surface area contributed by atoms with Crippen molar-refractivity contribution in [1.29, 1.82) is 0 Å². The molecule has 1 aromatic rings. The number of benzene rings is 1. The predicted molar refractivity (Wildman–Crippen MR) is 87.7 cm³/mol. The minimum absolute atomic E-state index is 0.0203. The van der Waals surface area contributed by atoms with Crippen molar-refractivity contribution in [2.45, 2.75) is 39.2 Å². The number of hydrogen-bond acceptors (Lipinski definition) is 3. The highest BCUT2D eigenvalue weighted by Gasteiger charge is 2.27. The molecule has 1 aliphatic rings. The molecule has 22 heavy (non-hydrogen) atoms. The van der Waals surface area contributed by atoms with Crippen LogP contribution < -0.4 is 5.32 Å². The molecule has 1 fully saturated rings. The lowest BCUT2D eigenvalue weighted by Crippen LogP contribution is -2.47. The van der Waals surface area contributed by atoms with Gasteiger partial charge >= 0.3 is 0 Å². The first-order chi connectivity index (χ1) is 10.5. The molecule has 1 heterocycles. The fraction of sp³-hybridized carbons (Fsp3) is 0.556. The van der Waals surface area contributed by atoms with Crippen LogP contribution in [-0.2, 0) is 9.59 Å². The Bertz CT molecular complexity index is 513. The van der Waals surface area contributed by atoms with Crippen LogP contribution in [0.1, 0.15) is 38.7 Å². The van der Waals surface area contributed by atoms with Gasteiger partial charge in [-0.2, -0.15) is 0 Å². The molecule has 1 N–H and O–H groups in total. The molecule has 2 rings (SSSR count). The van der Waals surface area contributed by atoms with Crippen molar-refractivity contribution in [3.8, 4) is 0 Å². The number of amides is 1. The molecule has 2 atom stereocenters. The first-order valence-electron chi connectivity index (χ1n) is 8.04. The number of likely N-dealkylation sites (tertiary alicyclic amines) is 1. The van der Waals surface area contributed by atoms with Crippen molar-refractivity contribution in [3.63, 3.8) is 0 Å². The van der Waals surface area contributed by atoms with E-state index in [0.29, 0.717) is 12.5 Å². The van der Waals surface area contributed by atoms with Crippen LogP contribution in [0.4, 0.5) is 0 Å². The van der Waals surface area contributed by atoms with Crippen molar-refractivity contribution in [1.82, 2.24) is 10.2 Å². The molecule has 2 unspecified atom stereocenters. The van der Waals surface area contributed by atoms with E-state index in [1.807, 2.05) is 19.9 Å². The summed E-state index contributed by atoms with van der Waals surface area (Å²) in [4.78, 5) is 25.9. The average molecular weight is 302 g/mol. The SMILES string of the molecule is CC(=O)C(NC(=O)CN1CCC(c2ccccc2)C1)C(C)C. The third kappa shape index (κ3) is 4.41. The Morgan fingerprint density at radius 2 is 1.95 bits per heavy atom. The Hall–Kier alpha value is -1.68. The maximum absolute atomic E-state index is 12.2. The number of rotatable bonds is 6. The van der Waals surface area contributed by atoms with E-state index < -0.39 is 0 Å². The molecule has 1 aromatic carbocycles. The van der Waals surface area contributed by atoms with Crippen LogP contribution >= 0.6 is 0 Å². The van der Waals surface area contributed by atoms with Crippen molar-refractivity contribution in [2.75, 3.05) is 19.6 Å². The van der Waals surface area contributed by atoms with Gasteiger partial charge in [0.1, 0.15) is 0 Å². The molecule has 0 bridgehead atoms. The highest BCUT2D eigenvalue weighted by atomic mass is 16.2. The maximum Gasteiger partial charge on any atom is 0.234 e. The number of hydrogen-bond donors (Lipinski definition) is 1. The van der Waals surface area contributed by atoms with Crippen LogP contribution in [0.5, 0.6) is 0 Å². The summed E-state index contributed by atoms with van der Waals surface area (Å²) in [6, 6.07) is 10.1. The minimum atomic E-state index is -0.375. The zero-order valence-electron chi connectivity index (χ0n) is 13.7. The highest BCUT2D eigenvalue weighted by molar-refractivity contribution is 5.88. The molecule has 1 amide bonds. The smallest absolute Gasteiger partial charge is 0.234 e. The third-order valence-corrected chi connectivity index (χ3v) is 4.33. The normalized spacial score (nSPS) is 20.1. The second kappa shape index (κ2) is 7.54. The number of nitrogens with one attached hydrogen (secondary N) is 1. The molecule has 0 spiro atoms. The molecule has 1 aliphatic heterocycles. The van der Waals surface area contributed by atoms with Crippen LogP contribution in [-0.4, -0.2) is 42.3 Å². The Labute approximate surface area is 132 Å². The van der Waals surface area contributed by atoms with Crippen molar-refractivity contribution in [2.24, 2.45) is 5.92 Å². The van der Waals surface area contributed by atoms with Gasteiger partial charge < -0.3 is 5.32 Å². The van der Waals surface area contributed by atoms with Crippen molar-refractivity contribution in [3.05, 3.63) is 35.9 Å². The van der Waals surface area contributed by atoms with E-state index in [1.165, 1.54) is 12.5 Å². The summed E-state index contributed by atoms with van der Waals surface area (Å²) in [5, 5.41) is 2.87. The van der Waals surface area contributed by atoms with E-state index in [2.05, 4.69) is 34.5 Å². The quantitative estimate of drug-likeness (QED) is 0.876. The Balaban J connectivity index is 1.85. The van der Waals surface area contributed by atoms with Gasteiger partial charge in [0.05, 0.1) is 12.6 Å². The monoisotopic (exact) mass is 302 g/mol. The molecule has 0 aromatic heterocycles. The van der Waals surface area contributed by atoms with Crippen molar-refractivity contribution < 1.29 is 9.59 Å². The van der Waals surface area contributed by atoms with Gasteiger partial charge in [0.15, 0.2) is 5.78 Å². The largest absolute Gasteiger partial charge is 0.345 e. The van der Waals surface area contributed by atoms with E-state index in [-0.39, 0.29) is 23.7 Å². The van der Waals surface area contributed by atoms with Gasteiger partial charge in [-0.3, -0.25) is 14.5 Å². The van der Waals surface area contributed by atoms with E-state index in [0.717, 1.165) is 19.5 Å². The van der Waals surface area contributed by atoms with E-state index in [1.54, 1.807) is 0 Å². The number of carbonyl (C=O) groups excluding carboxylic acids is 2. The van der Waals surface area contributed by atoms with Crippen LogP contribution in [0.25, 0.3) is 0 Å². The van der Waals surface area contributed by atoms with Crippen LogP contribution in [0.2, 0.25) is 0 Å². The van der Waals surface area contributed by atoms with E-state index >= 15 is 0 Å². The molecular formula is C18H26N2O2. The molecule has 120 valence electrons. The Kier molecular flexibility index (Phi) is 5.72. The Morgan fingerprint density at radius 1 is 1.27 bits per heavy atom. The Morgan fingerprint density at radius 3 is 2.55 bits per heavy atom. The summed E-state index contributed by atoms with van der Waals surface area (Å²) in [5.41, 5.74) is 1.34. The highest BCUT2D eigenvalue weighted by Crippen LogP contribution is 2.26. The first-order valence-corrected chi connectivity index (χ1v) is 8.04. The summed E-state index contributed by atoms with van der Waals surface area (Å²) in [7, 11) is 0. The summed E-state index contributed by atoms with van der Waals surface area (Å²) < 4.78 is 0. The average Bonchev–Trinajstić information content (AvgIpc) is 2.93. The molecular weight excluding hydrogens is 276 g/mol. The minimum Gasteiger partial charge on any atom is -0.345 e. The predicted octanol–water partition coefficient (Wildman–Crippen LogP) is 2.21. The first kappa shape index (κ1) is 16.7. The third-order valence-electron chi connectivity index (χ3n) is 4.33. The summed E-state index contributed by atoms with van der Waals surface area (Å²) in [6.07, 6.45) is 1.08. The maximum atomic E-state index is 12.2. The van der Waals surface area contributed by atoms with Gasteiger partial charge in [0.2, 0.25) is 5.91 Å². The van der Waals surface area contributed by atoms with Crippen molar-refractivity contribution >= 4 is 11.7 Å². The fourth-order valence-corrected chi connectivity index (χ4v) is 3.13. The zero-order chi connectivity index (χ0) is 16.1. The topological polar surface area (TPSA) is 49.4 Å². The lowest BCUT2D eigenvalue weighted by atomic mass is 9.99. The van der Waals surface area contributed by atoms with E-state index in [4.69, 9.17) is 0 Å². The van der Waals surface area contributed by atoms with Crippen LogP contribution in [0.3, 0.4) is 0 Å². The number of ketones is 1. The molecule has 4 nitrogen and oxygen atoms in total. The lowest BCUT2D eigenvalue weighted by molar-refractivity contribution is -0.128. The molecule has 0 radical (unpaired) electrons. The molecule has 0 aliphatic carbocycles. The number of nitrogens with zero attached hydrogens (tertiary/aromatic N) is 1. The summed E-state index contributed by atoms with van der Waals surface area (Å²) >= 11 is 0. The van der Waals surface area contributed by atoms with Gasteiger partial charge in [-0.25, -0.2) is 0 Å². The second-order valence-electron chi connectivity index (χ2n) is 6.53. The molecule has 1 saturated heterocycles. The number of carbonyl (C=O) groups is 2. The standard InChI is InChI=1S/C18H26N2O2/c1-13(2)18(14(3)21)19-17(22)12-20-10-9-16(11-20)15-7-5-4-6-8-15/h4-8,13,16,18H,9-12H2,1-3H3,(H,19,22). The molecule has 0 saturated carbocycles. The van der Waals surface area contributed by atoms with Gasteiger partial charge in [0, 0.05) is 6.54 Å². The summed E-state index contributed by atoms with van der Waals surface area (Å²) in [6.45, 7) is 7.65. The molecule has 4 heteroatoms. The van der Waals surface area contributed by atoms with Gasteiger partial charge in [-0.05, 0) is 37.3 Å². The van der Waals surface area contributed by atoms with E-state index in [9.17, 15) is 9.59 Å². The van der Waals surface area contributed by atoms with Gasteiger partial charge in [-0.1, -0.05) is 44.2 Å². The second-order valence-corrected chi connectivity index (χ2v) is 6.53. The number of Topliss-reactive ketones (excluding diaryl/α,β-unsaturated/α-hetero) is 1.